The molecule has 0 fully saturated rings. The molecule has 13 heavy (non-hydrogen) atoms. The Morgan fingerprint density at radius 1 is 1.46 bits per heavy atom. The Hall–Kier alpha value is -1.67. The van der Waals surface area contributed by atoms with Gasteiger partial charge in [-0.1, -0.05) is 16.6 Å². The fraction of sp³-hybridized carbons (Fsp3) is 0.364. The van der Waals surface area contributed by atoms with Crippen molar-refractivity contribution >= 4 is 5.71 Å². The lowest BCUT2D eigenvalue weighted by molar-refractivity contribution is 0.159. The zero-order chi connectivity index (χ0) is 10.1. The Balaban J connectivity index is 0. The van der Waals surface area contributed by atoms with Crippen molar-refractivity contribution in [3.05, 3.63) is 35.1 Å². The Morgan fingerprint density at radius 2 is 2.15 bits per heavy atom. The number of rotatable bonds is 3. The molecule has 0 aliphatic heterocycles. The average Bonchev–Trinajstić information content (AvgIpc) is 2.14. The maximum absolute atomic E-state index is 4.87. The lowest BCUT2D eigenvalue weighted by Crippen LogP contribution is -1.93. The minimum atomic E-state index is 0. The van der Waals surface area contributed by atoms with Gasteiger partial charge in [0.15, 0.2) is 0 Å². The number of hydrogen-bond donors (Lipinski definition) is 0. The number of allylic oxidation sites excluding steroid dienone is 1. The third-order valence-corrected chi connectivity index (χ3v) is 1.27. The van der Waals surface area contributed by atoms with Crippen molar-refractivity contribution in [2.45, 2.75) is 20.8 Å². The minimum absolute atomic E-state index is 0. The van der Waals surface area contributed by atoms with Crippen LogP contribution in [-0.4, -0.2) is 12.3 Å². The predicted molar refractivity (Wildman–Crippen MR) is 55.7 cm³/mol. The van der Waals surface area contributed by atoms with Crippen molar-refractivity contribution in [3.8, 4) is 0 Å². The molecule has 0 aromatic heterocycles. The lowest BCUT2D eigenvalue weighted by Gasteiger charge is -1.95. The van der Waals surface area contributed by atoms with Gasteiger partial charge in [-0.2, -0.15) is 0 Å². The van der Waals surface area contributed by atoms with Gasteiger partial charge >= 0.3 is 0 Å². The van der Waals surface area contributed by atoms with Crippen molar-refractivity contribution in [2.24, 2.45) is 5.16 Å². The second-order valence-electron chi connectivity index (χ2n) is 2.27. The van der Waals surface area contributed by atoms with Crippen LogP contribution in [0.5, 0.6) is 0 Å². The molecule has 0 N–H and O–H groups in total. The predicted octanol–water partition coefficient (Wildman–Crippen LogP) is 2.84. The summed E-state index contributed by atoms with van der Waals surface area (Å²) in [6.45, 7) is 9.51. The highest BCUT2D eigenvalue weighted by atomic mass is 16.6. The standard InChI is InChI=1S/C11H13NO.H2/c1-5-7-8-9-10(3)11(4)12-13-6-2;/h1,6H2,2-4H3;1H/b12-11-;. The van der Waals surface area contributed by atoms with Crippen LogP contribution in [0.3, 0.4) is 0 Å². The van der Waals surface area contributed by atoms with E-state index in [9.17, 15) is 0 Å². The van der Waals surface area contributed by atoms with Crippen LogP contribution in [0, 0.1) is 0 Å². The van der Waals surface area contributed by atoms with E-state index in [1.165, 1.54) is 0 Å². The van der Waals surface area contributed by atoms with Crippen molar-refractivity contribution in [2.75, 3.05) is 6.61 Å². The SMILES string of the molecule is C=C=C=C=C=C(C)/C(C)=N\OCC.[HH]. The van der Waals surface area contributed by atoms with Gasteiger partial charge in [0, 0.05) is 7.00 Å². The average molecular weight is 177 g/mol. The summed E-state index contributed by atoms with van der Waals surface area (Å²) >= 11 is 0. The summed E-state index contributed by atoms with van der Waals surface area (Å²) in [5, 5.41) is 3.83. The summed E-state index contributed by atoms with van der Waals surface area (Å²) in [5.74, 6) is 0. The van der Waals surface area contributed by atoms with Crippen molar-refractivity contribution < 1.29 is 6.26 Å². The highest BCUT2D eigenvalue weighted by Crippen LogP contribution is 1.94. The zero-order valence-corrected chi connectivity index (χ0v) is 8.27. The van der Waals surface area contributed by atoms with Gasteiger partial charge in [-0.15, -0.1) is 0 Å². The molecule has 2 heteroatoms. The van der Waals surface area contributed by atoms with Crippen LogP contribution in [0.4, 0.5) is 0 Å². The van der Waals surface area contributed by atoms with E-state index in [0.29, 0.717) is 6.61 Å². The van der Waals surface area contributed by atoms with Gasteiger partial charge in [-0.25, -0.2) is 0 Å². The molecule has 0 saturated heterocycles. The topological polar surface area (TPSA) is 21.6 Å². The van der Waals surface area contributed by atoms with Crippen LogP contribution >= 0.6 is 0 Å². The van der Waals surface area contributed by atoms with E-state index in [-0.39, 0.29) is 1.43 Å². The van der Waals surface area contributed by atoms with Gasteiger partial charge in [0.25, 0.3) is 0 Å². The van der Waals surface area contributed by atoms with Gasteiger partial charge in [0.1, 0.15) is 6.61 Å². The first kappa shape index (κ1) is 11.3. The summed E-state index contributed by atoms with van der Waals surface area (Å²) in [6.07, 6.45) is 0. The Kier molecular flexibility index (Phi) is 6.11. The van der Waals surface area contributed by atoms with Crippen molar-refractivity contribution in [1.82, 2.24) is 0 Å². The summed E-state index contributed by atoms with van der Waals surface area (Å²) < 4.78 is 0. The molecule has 2 nitrogen and oxygen atoms in total. The normalized spacial score (nSPS) is 9.00. The second-order valence-corrected chi connectivity index (χ2v) is 2.27. The molecule has 0 aliphatic rings. The van der Waals surface area contributed by atoms with Gasteiger partial charge in [0.05, 0.1) is 5.71 Å². The van der Waals surface area contributed by atoms with E-state index in [4.69, 9.17) is 4.84 Å². The Bertz CT molecular complexity index is 345. The van der Waals surface area contributed by atoms with E-state index in [0.717, 1.165) is 11.3 Å². The first-order valence-corrected chi connectivity index (χ1v) is 4.01. The van der Waals surface area contributed by atoms with E-state index < -0.39 is 0 Å². The number of oxime groups is 1. The van der Waals surface area contributed by atoms with Crippen LogP contribution < -0.4 is 0 Å². The summed E-state index contributed by atoms with van der Waals surface area (Å²) in [5.41, 5.74) is 12.1. The molecule has 0 bridgehead atoms. The summed E-state index contributed by atoms with van der Waals surface area (Å²) in [6, 6.07) is 0. The highest BCUT2D eigenvalue weighted by Gasteiger charge is 1.92. The largest absolute Gasteiger partial charge is 0.396 e. The van der Waals surface area contributed by atoms with Gasteiger partial charge in [-0.3, -0.25) is 0 Å². The number of nitrogens with zero attached hydrogens (tertiary/aromatic N) is 1. The third kappa shape index (κ3) is 5.58. The fourth-order valence-electron chi connectivity index (χ4n) is 0.489. The van der Waals surface area contributed by atoms with Crippen LogP contribution in [0.1, 0.15) is 22.2 Å². The molecule has 0 aliphatic carbocycles. The Morgan fingerprint density at radius 3 is 2.69 bits per heavy atom. The molecule has 0 amide bonds. The van der Waals surface area contributed by atoms with Crippen LogP contribution in [0.15, 0.2) is 40.2 Å². The van der Waals surface area contributed by atoms with Crippen LogP contribution in [0.25, 0.3) is 0 Å². The first-order valence-electron chi connectivity index (χ1n) is 4.01. The van der Waals surface area contributed by atoms with Gasteiger partial charge in [-0.05, 0) is 38.8 Å². The Labute approximate surface area is 80.4 Å². The summed E-state index contributed by atoms with van der Waals surface area (Å²) in [7, 11) is 0. The van der Waals surface area contributed by atoms with Crippen LogP contribution in [-0.2, 0) is 4.84 Å². The smallest absolute Gasteiger partial charge is 0.114 e. The maximum atomic E-state index is 4.87. The molecule has 0 radical (unpaired) electrons. The zero-order valence-electron chi connectivity index (χ0n) is 8.27. The minimum Gasteiger partial charge on any atom is -0.396 e. The molecular weight excluding hydrogens is 162 g/mol. The van der Waals surface area contributed by atoms with Gasteiger partial charge < -0.3 is 4.84 Å². The molecule has 70 valence electrons. The maximum Gasteiger partial charge on any atom is 0.114 e. The number of hydrogen-bond acceptors (Lipinski definition) is 2. The third-order valence-electron chi connectivity index (χ3n) is 1.27. The molecule has 0 aromatic carbocycles. The monoisotopic (exact) mass is 177 g/mol. The van der Waals surface area contributed by atoms with Crippen molar-refractivity contribution in [3.63, 3.8) is 0 Å². The van der Waals surface area contributed by atoms with Crippen molar-refractivity contribution in [1.29, 1.82) is 0 Å². The fourth-order valence-corrected chi connectivity index (χ4v) is 0.489. The molecule has 0 unspecified atom stereocenters. The molecular formula is C11H15NO. The molecule has 0 heterocycles. The summed E-state index contributed by atoms with van der Waals surface area (Å²) in [4.78, 5) is 4.87. The molecule has 0 saturated carbocycles. The molecule has 0 spiro atoms. The lowest BCUT2D eigenvalue weighted by atomic mass is 10.2. The highest BCUT2D eigenvalue weighted by molar-refractivity contribution is 5.96. The van der Waals surface area contributed by atoms with Gasteiger partial charge in [0.2, 0.25) is 0 Å². The molecule has 0 aromatic rings. The molecule has 0 rings (SSSR count). The first-order chi connectivity index (χ1) is 6.22. The van der Waals surface area contributed by atoms with E-state index in [1.54, 1.807) is 0 Å². The molecule has 0 atom stereocenters. The second kappa shape index (κ2) is 7.00. The van der Waals surface area contributed by atoms with E-state index in [2.05, 4.69) is 34.7 Å². The van der Waals surface area contributed by atoms with E-state index >= 15 is 0 Å². The van der Waals surface area contributed by atoms with E-state index in [1.807, 2.05) is 20.8 Å². The quantitative estimate of drug-likeness (QED) is 0.369. The van der Waals surface area contributed by atoms with Crippen LogP contribution in [0.2, 0.25) is 0 Å².